The van der Waals surface area contributed by atoms with E-state index < -0.39 is 0 Å². The summed E-state index contributed by atoms with van der Waals surface area (Å²) in [7, 11) is 0. The second kappa shape index (κ2) is 10.2. The molecule has 0 aliphatic heterocycles. The van der Waals surface area contributed by atoms with Gasteiger partial charge in [0.1, 0.15) is 19.0 Å². The molecule has 0 spiro atoms. The third kappa shape index (κ3) is 6.59. The van der Waals surface area contributed by atoms with Gasteiger partial charge in [0.15, 0.2) is 0 Å². The number of carbonyl (C=O) groups excluding carboxylic acids is 1. The standard InChI is InChI=1S/C18H28N2O3/c19-13-17(15-7-3-1-4-8-15)20-18(21)14-22-11-12-23-16-9-5-2-6-10-16/h2,5-6,9-10,15,17H,1,3-4,7-8,11-14,19H2,(H,20,21). The molecule has 1 aromatic rings. The van der Waals surface area contributed by atoms with E-state index in [0.717, 1.165) is 18.6 Å². The molecular weight excluding hydrogens is 292 g/mol. The molecule has 1 saturated carbocycles. The molecule has 1 fully saturated rings. The zero-order chi connectivity index (χ0) is 16.3. The number of hydrogen-bond acceptors (Lipinski definition) is 4. The molecule has 0 bridgehead atoms. The smallest absolute Gasteiger partial charge is 0.246 e. The van der Waals surface area contributed by atoms with E-state index in [9.17, 15) is 4.79 Å². The normalized spacial score (nSPS) is 16.7. The van der Waals surface area contributed by atoms with Crippen molar-refractivity contribution in [2.75, 3.05) is 26.4 Å². The molecule has 5 heteroatoms. The number of benzene rings is 1. The van der Waals surface area contributed by atoms with Crippen molar-refractivity contribution in [1.82, 2.24) is 5.32 Å². The maximum absolute atomic E-state index is 12.0. The number of hydrogen-bond donors (Lipinski definition) is 2. The Balaban J connectivity index is 1.58. The molecule has 0 heterocycles. The minimum atomic E-state index is -0.0919. The van der Waals surface area contributed by atoms with E-state index in [0.29, 0.717) is 25.7 Å². The molecule has 2 rings (SSSR count). The summed E-state index contributed by atoms with van der Waals surface area (Å²) in [5.41, 5.74) is 5.82. The van der Waals surface area contributed by atoms with Crippen molar-refractivity contribution in [3.05, 3.63) is 30.3 Å². The lowest BCUT2D eigenvalue weighted by molar-refractivity contribution is -0.127. The molecule has 0 saturated heterocycles. The molecular formula is C18H28N2O3. The third-order valence-corrected chi connectivity index (χ3v) is 4.29. The molecule has 128 valence electrons. The lowest BCUT2D eigenvalue weighted by Gasteiger charge is -2.30. The fourth-order valence-corrected chi connectivity index (χ4v) is 3.05. The van der Waals surface area contributed by atoms with E-state index in [1.165, 1.54) is 19.3 Å². The van der Waals surface area contributed by atoms with Gasteiger partial charge in [0.25, 0.3) is 0 Å². The zero-order valence-corrected chi connectivity index (χ0v) is 13.7. The number of rotatable bonds is 9. The van der Waals surface area contributed by atoms with Gasteiger partial charge in [-0.1, -0.05) is 37.5 Å². The van der Waals surface area contributed by atoms with Gasteiger partial charge in [-0.15, -0.1) is 0 Å². The summed E-state index contributed by atoms with van der Waals surface area (Å²) in [6.07, 6.45) is 6.10. The van der Waals surface area contributed by atoms with Crippen LogP contribution >= 0.6 is 0 Å². The summed E-state index contributed by atoms with van der Waals surface area (Å²) in [5.74, 6) is 1.23. The molecule has 23 heavy (non-hydrogen) atoms. The highest BCUT2D eigenvalue weighted by Crippen LogP contribution is 2.26. The van der Waals surface area contributed by atoms with E-state index >= 15 is 0 Å². The van der Waals surface area contributed by atoms with E-state index in [1.54, 1.807) is 0 Å². The van der Waals surface area contributed by atoms with Crippen LogP contribution < -0.4 is 15.8 Å². The molecule has 1 aromatic carbocycles. The van der Waals surface area contributed by atoms with Crippen LogP contribution in [0.5, 0.6) is 5.75 Å². The minimum Gasteiger partial charge on any atom is -0.491 e. The molecule has 1 unspecified atom stereocenters. The van der Waals surface area contributed by atoms with Crippen LogP contribution in [0, 0.1) is 5.92 Å². The van der Waals surface area contributed by atoms with Crippen molar-refractivity contribution in [2.24, 2.45) is 11.7 Å². The molecule has 1 atom stereocenters. The summed E-state index contributed by atoms with van der Waals surface area (Å²) in [6.45, 7) is 1.37. The monoisotopic (exact) mass is 320 g/mol. The van der Waals surface area contributed by atoms with Crippen molar-refractivity contribution in [3.8, 4) is 5.75 Å². The first-order chi connectivity index (χ1) is 11.3. The maximum Gasteiger partial charge on any atom is 0.246 e. The van der Waals surface area contributed by atoms with Crippen LogP contribution in [-0.4, -0.2) is 38.3 Å². The van der Waals surface area contributed by atoms with Crippen LogP contribution in [0.4, 0.5) is 0 Å². The van der Waals surface area contributed by atoms with Crippen LogP contribution in [0.25, 0.3) is 0 Å². The lowest BCUT2D eigenvalue weighted by atomic mass is 9.84. The highest BCUT2D eigenvalue weighted by Gasteiger charge is 2.23. The number of para-hydroxylation sites is 1. The molecule has 1 aliphatic carbocycles. The first kappa shape index (κ1) is 17.8. The van der Waals surface area contributed by atoms with Gasteiger partial charge in [-0.05, 0) is 30.9 Å². The van der Waals surface area contributed by atoms with Crippen molar-refractivity contribution in [1.29, 1.82) is 0 Å². The molecule has 3 N–H and O–H groups in total. The predicted octanol–water partition coefficient (Wildman–Crippen LogP) is 2.11. The highest BCUT2D eigenvalue weighted by molar-refractivity contribution is 5.77. The average molecular weight is 320 g/mol. The Morgan fingerprint density at radius 1 is 1.17 bits per heavy atom. The SMILES string of the molecule is NCC(NC(=O)COCCOc1ccccc1)C1CCCCC1. The summed E-state index contributed by atoms with van der Waals surface area (Å²) in [5, 5.41) is 3.02. The largest absolute Gasteiger partial charge is 0.491 e. The van der Waals surface area contributed by atoms with Crippen molar-refractivity contribution >= 4 is 5.91 Å². The minimum absolute atomic E-state index is 0.0569. The first-order valence-electron chi connectivity index (χ1n) is 8.54. The Bertz CT molecular complexity index is 447. The second-order valence-corrected chi connectivity index (χ2v) is 6.02. The van der Waals surface area contributed by atoms with Gasteiger partial charge in [-0.25, -0.2) is 0 Å². The van der Waals surface area contributed by atoms with Crippen LogP contribution in [0.1, 0.15) is 32.1 Å². The van der Waals surface area contributed by atoms with E-state index in [4.69, 9.17) is 15.2 Å². The molecule has 0 radical (unpaired) electrons. The van der Waals surface area contributed by atoms with Crippen LogP contribution in [0.3, 0.4) is 0 Å². The number of nitrogens with one attached hydrogen (secondary N) is 1. The quantitative estimate of drug-likeness (QED) is 0.684. The summed E-state index contributed by atoms with van der Waals surface area (Å²) >= 11 is 0. The first-order valence-corrected chi connectivity index (χ1v) is 8.54. The Morgan fingerprint density at radius 2 is 1.91 bits per heavy atom. The van der Waals surface area contributed by atoms with Gasteiger partial charge in [0, 0.05) is 12.6 Å². The average Bonchev–Trinajstić information content (AvgIpc) is 2.61. The van der Waals surface area contributed by atoms with E-state index in [-0.39, 0.29) is 18.6 Å². The Labute approximate surface area is 138 Å². The molecule has 1 amide bonds. The van der Waals surface area contributed by atoms with Crippen LogP contribution in [0.15, 0.2) is 30.3 Å². The second-order valence-electron chi connectivity index (χ2n) is 6.02. The molecule has 1 aliphatic rings. The van der Waals surface area contributed by atoms with Gasteiger partial charge < -0.3 is 20.5 Å². The maximum atomic E-state index is 12.0. The van der Waals surface area contributed by atoms with E-state index in [2.05, 4.69) is 5.32 Å². The molecule has 5 nitrogen and oxygen atoms in total. The van der Waals surface area contributed by atoms with Crippen molar-refractivity contribution in [3.63, 3.8) is 0 Å². The van der Waals surface area contributed by atoms with Gasteiger partial charge in [-0.3, -0.25) is 4.79 Å². The predicted molar refractivity (Wildman–Crippen MR) is 90.3 cm³/mol. The zero-order valence-electron chi connectivity index (χ0n) is 13.7. The Morgan fingerprint density at radius 3 is 2.61 bits per heavy atom. The number of amides is 1. The van der Waals surface area contributed by atoms with Crippen LogP contribution in [-0.2, 0) is 9.53 Å². The third-order valence-electron chi connectivity index (χ3n) is 4.29. The lowest BCUT2D eigenvalue weighted by Crippen LogP contribution is -2.47. The number of ether oxygens (including phenoxy) is 2. The fraction of sp³-hybridized carbons (Fsp3) is 0.611. The fourth-order valence-electron chi connectivity index (χ4n) is 3.05. The van der Waals surface area contributed by atoms with Gasteiger partial charge in [0.05, 0.1) is 6.61 Å². The van der Waals surface area contributed by atoms with Crippen molar-refractivity contribution < 1.29 is 14.3 Å². The topological polar surface area (TPSA) is 73.6 Å². The van der Waals surface area contributed by atoms with Crippen molar-refractivity contribution in [2.45, 2.75) is 38.1 Å². The van der Waals surface area contributed by atoms with Gasteiger partial charge in [-0.2, -0.15) is 0 Å². The highest BCUT2D eigenvalue weighted by atomic mass is 16.5. The van der Waals surface area contributed by atoms with Gasteiger partial charge in [0.2, 0.25) is 5.91 Å². The van der Waals surface area contributed by atoms with E-state index in [1.807, 2.05) is 30.3 Å². The van der Waals surface area contributed by atoms with Gasteiger partial charge >= 0.3 is 0 Å². The summed E-state index contributed by atoms with van der Waals surface area (Å²) < 4.78 is 10.9. The Hall–Kier alpha value is -1.59. The molecule has 0 aromatic heterocycles. The number of nitrogens with two attached hydrogens (primary N) is 1. The number of carbonyl (C=O) groups is 1. The Kier molecular flexibility index (Phi) is 7.90. The summed E-state index contributed by atoms with van der Waals surface area (Å²) in [6, 6.07) is 9.63. The summed E-state index contributed by atoms with van der Waals surface area (Å²) in [4.78, 5) is 12.0. The van der Waals surface area contributed by atoms with Crippen LogP contribution in [0.2, 0.25) is 0 Å².